The predicted molar refractivity (Wildman–Crippen MR) is 90.6 cm³/mol. The van der Waals surface area contributed by atoms with E-state index in [4.69, 9.17) is 0 Å². The van der Waals surface area contributed by atoms with Gasteiger partial charge in [0.2, 0.25) is 0 Å². The first-order valence-corrected chi connectivity index (χ1v) is 7.60. The first kappa shape index (κ1) is 13.7. The van der Waals surface area contributed by atoms with Gasteiger partial charge in [0.15, 0.2) is 0 Å². The minimum Gasteiger partial charge on any atom is -0.340 e. The molecule has 0 amide bonds. The minimum atomic E-state index is 0.942. The molecule has 106 valence electrons. The number of hydrogen-bond donors (Lipinski definition) is 0. The molecule has 3 rings (SSSR count). The Balaban J connectivity index is 1.96. The minimum absolute atomic E-state index is 0.942. The lowest BCUT2D eigenvalue weighted by molar-refractivity contribution is 0.727. The summed E-state index contributed by atoms with van der Waals surface area (Å²) in [5.74, 6) is 0. The second-order valence-corrected chi connectivity index (χ2v) is 5.45. The number of para-hydroxylation sites is 1. The topological polar surface area (TPSA) is 4.93 Å². The van der Waals surface area contributed by atoms with Crippen molar-refractivity contribution in [3.63, 3.8) is 0 Å². The van der Waals surface area contributed by atoms with Crippen molar-refractivity contribution in [2.24, 2.45) is 0 Å². The van der Waals surface area contributed by atoms with Crippen molar-refractivity contribution >= 4 is 10.9 Å². The molecule has 0 saturated heterocycles. The van der Waals surface area contributed by atoms with Crippen LogP contribution >= 0.6 is 0 Å². The van der Waals surface area contributed by atoms with Gasteiger partial charge < -0.3 is 4.57 Å². The van der Waals surface area contributed by atoms with E-state index in [2.05, 4.69) is 71.8 Å². The fraction of sp³-hybridized carbons (Fsp3) is 0.200. The van der Waals surface area contributed by atoms with Gasteiger partial charge >= 0.3 is 0 Å². The number of aromatic nitrogens is 1. The molecule has 0 radical (unpaired) electrons. The van der Waals surface area contributed by atoms with Crippen LogP contribution in [-0.2, 0) is 13.0 Å². The average molecular weight is 275 g/mol. The zero-order valence-corrected chi connectivity index (χ0v) is 12.3. The summed E-state index contributed by atoms with van der Waals surface area (Å²) < 4.78 is 2.45. The van der Waals surface area contributed by atoms with Gasteiger partial charge in [-0.2, -0.15) is 0 Å². The molecule has 0 fully saturated rings. The van der Waals surface area contributed by atoms with E-state index in [-0.39, 0.29) is 0 Å². The normalized spacial score (nSPS) is 10.9. The maximum atomic E-state index is 3.82. The molecule has 3 aromatic rings. The lowest BCUT2D eigenvalue weighted by atomic mass is 10.1. The highest BCUT2D eigenvalue weighted by atomic mass is 15.0. The SMILES string of the molecule is C=CCCCc1cc2ccccc2n1Cc1ccccc1. The van der Waals surface area contributed by atoms with E-state index in [1.807, 2.05) is 6.08 Å². The van der Waals surface area contributed by atoms with Gasteiger partial charge in [0.1, 0.15) is 0 Å². The van der Waals surface area contributed by atoms with Crippen LogP contribution in [0.4, 0.5) is 0 Å². The third-order valence-electron chi connectivity index (χ3n) is 3.92. The Morgan fingerprint density at radius 3 is 2.52 bits per heavy atom. The van der Waals surface area contributed by atoms with Crippen molar-refractivity contribution in [2.45, 2.75) is 25.8 Å². The summed E-state index contributed by atoms with van der Waals surface area (Å²) >= 11 is 0. The Morgan fingerprint density at radius 2 is 1.71 bits per heavy atom. The van der Waals surface area contributed by atoms with E-state index in [1.54, 1.807) is 0 Å². The molecular formula is C20H21N. The predicted octanol–water partition coefficient (Wildman–Crippen LogP) is 5.20. The van der Waals surface area contributed by atoms with Crippen molar-refractivity contribution in [3.05, 3.63) is 84.6 Å². The highest BCUT2D eigenvalue weighted by Gasteiger charge is 2.08. The third kappa shape index (κ3) is 3.08. The molecule has 0 aliphatic rings. The number of hydrogen-bond acceptors (Lipinski definition) is 0. The second kappa shape index (κ2) is 6.45. The molecule has 0 aliphatic carbocycles. The molecule has 1 nitrogen and oxygen atoms in total. The molecule has 0 spiro atoms. The van der Waals surface area contributed by atoms with Crippen LogP contribution in [0, 0.1) is 0 Å². The lowest BCUT2D eigenvalue weighted by Gasteiger charge is -2.11. The Morgan fingerprint density at radius 1 is 0.952 bits per heavy atom. The summed E-state index contributed by atoms with van der Waals surface area (Å²) in [4.78, 5) is 0. The Bertz CT molecular complexity index is 722. The fourth-order valence-electron chi connectivity index (χ4n) is 2.85. The number of unbranched alkanes of at least 4 members (excludes halogenated alkanes) is 1. The summed E-state index contributed by atoms with van der Waals surface area (Å²) in [5.41, 5.74) is 4.10. The van der Waals surface area contributed by atoms with E-state index < -0.39 is 0 Å². The largest absolute Gasteiger partial charge is 0.340 e. The molecule has 0 atom stereocenters. The summed E-state index contributed by atoms with van der Waals surface area (Å²) in [7, 11) is 0. The number of nitrogens with zero attached hydrogens (tertiary/aromatic N) is 1. The molecule has 1 heterocycles. The Hall–Kier alpha value is -2.28. The molecule has 2 aromatic carbocycles. The molecule has 1 heteroatoms. The molecule has 0 saturated carbocycles. The van der Waals surface area contributed by atoms with E-state index in [1.165, 1.54) is 22.2 Å². The van der Waals surface area contributed by atoms with Gasteiger partial charge in [-0.15, -0.1) is 6.58 Å². The van der Waals surface area contributed by atoms with Crippen LogP contribution in [0.15, 0.2) is 73.3 Å². The monoisotopic (exact) mass is 275 g/mol. The molecule has 21 heavy (non-hydrogen) atoms. The smallest absolute Gasteiger partial charge is 0.0485 e. The van der Waals surface area contributed by atoms with Crippen LogP contribution in [0.3, 0.4) is 0 Å². The lowest BCUT2D eigenvalue weighted by Crippen LogP contribution is -2.04. The second-order valence-electron chi connectivity index (χ2n) is 5.45. The first-order chi connectivity index (χ1) is 10.4. The zero-order valence-electron chi connectivity index (χ0n) is 12.3. The first-order valence-electron chi connectivity index (χ1n) is 7.60. The summed E-state index contributed by atoms with van der Waals surface area (Å²) in [6, 6.07) is 21.7. The maximum absolute atomic E-state index is 3.82. The van der Waals surface area contributed by atoms with Crippen molar-refractivity contribution in [2.75, 3.05) is 0 Å². The van der Waals surface area contributed by atoms with E-state index in [0.29, 0.717) is 0 Å². The molecule has 0 aliphatic heterocycles. The van der Waals surface area contributed by atoms with Crippen molar-refractivity contribution in [3.8, 4) is 0 Å². The molecular weight excluding hydrogens is 254 g/mol. The highest BCUT2D eigenvalue weighted by Crippen LogP contribution is 2.22. The van der Waals surface area contributed by atoms with Crippen molar-refractivity contribution in [1.82, 2.24) is 4.57 Å². The number of fused-ring (bicyclic) bond motifs is 1. The van der Waals surface area contributed by atoms with Gasteiger partial charge in [0.25, 0.3) is 0 Å². The van der Waals surface area contributed by atoms with Crippen molar-refractivity contribution < 1.29 is 0 Å². The van der Waals surface area contributed by atoms with Crippen LogP contribution in [0.25, 0.3) is 10.9 Å². The van der Waals surface area contributed by atoms with Crippen LogP contribution in [0.2, 0.25) is 0 Å². The Kier molecular flexibility index (Phi) is 4.20. The summed E-state index contributed by atoms with van der Waals surface area (Å²) in [5, 5.41) is 1.34. The summed E-state index contributed by atoms with van der Waals surface area (Å²) in [6.07, 6.45) is 5.35. The highest BCUT2D eigenvalue weighted by molar-refractivity contribution is 5.81. The van der Waals surface area contributed by atoms with E-state index in [9.17, 15) is 0 Å². The summed E-state index contributed by atoms with van der Waals surface area (Å²) in [6.45, 7) is 4.76. The van der Waals surface area contributed by atoms with Crippen LogP contribution in [0.1, 0.15) is 24.1 Å². The number of aryl methyl sites for hydroxylation is 1. The van der Waals surface area contributed by atoms with Gasteiger partial charge in [0.05, 0.1) is 0 Å². The standard InChI is InChI=1S/C20H21N/c1-2-3-5-13-19-15-18-12-8-9-14-20(18)21(19)16-17-10-6-4-7-11-17/h2,4,6-12,14-15H,1,3,5,13,16H2. The molecule has 1 aromatic heterocycles. The maximum Gasteiger partial charge on any atom is 0.0485 e. The Labute approximate surface area is 126 Å². The average Bonchev–Trinajstić information content (AvgIpc) is 2.87. The quantitative estimate of drug-likeness (QED) is 0.430. The zero-order chi connectivity index (χ0) is 14.5. The molecule has 0 N–H and O–H groups in total. The van der Waals surface area contributed by atoms with Gasteiger partial charge in [-0.1, -0.05) is 54.6 Å². The molecule has 0 unspecified atom stereocenters. The van der Waals surface area contributed by atoms with Crippen molar-refractivity contribution in [1.29, 1.82) is 0 Å². The van der Waals surface area contributed by atoms with Gasteiger partial charge in [-0.05, 0) is 42.3 Å². The van der Waals surface area contributed by atoms with Crippen LogP contribution < -0.4 is 0 Å². The number of allylic oxidation sites excluding steroid dienone is 1. The number of rotatable bonds is 6. The van der Waals surface area contributed by atoms with E-state index in [0.717, 1.165) is 25.8 Å². The van der Waals surface area contributed by atoms with E-state index >= 15 is 0 Å². The number of benzene rings is 2. The van der Waals surface area contributed by atoms with Crippen LogP contribution in [-0.4, -0.2) is 4.57 Å². The third-order valence-corrected chi connectivity index (χ3v) is 3.92. The van der Waals surface area contributed by atoms with Crippen LogP contribution in [0.5, 0.6) is 0 Å². The molecule has 0 bridgehead atoms. The van der Waals surface area contributed by atoms with Gasteiger partial charge in [0, 0.05) is 17.8 Å². The fourth-order valence-corrected chi connectivity index (χ4v) is 2.85. The van der Waals surface area contributed by atoms with Gasteiger partial charge in [-0.25, -0.2) is 0 Å². The van der Waals surface area contributed by atoms with Gasteiger partial charge in [-0.3, -0.25) is 0 Å².